The summed E-state index contributed by atoms with van der Waals surface area (Å²) in [6.07, 6.45) is 3.90. The van der Waals surface area contributed by atoms with E-state index in [0.717, 1.165) is 18.4 Å². The van der Waals surface area contributed by atoms with E-state index in [0.29, 0.717) is 0 Å². The molecule has 0 N–H and O–H groups in total. The van der Waals surface area contributed by atoms with Crippen LogP contribution in [0.5, 0.6) is 0 Å². The molecule has 16 heavy (non-hydrogen) atoms. The zero-order chi connectivity index (χ0) is 10.8. The molecule has 0 aliphatic rings. The normalized spacial score (nSPS) is 11.0. The Balaban J connectivity index is 1.86. The molecule has 0 atom stereocenters. The van der Waals surface area contributed by atoms with Gasteiger partial charge in [-0.15, -0.1) is 11.3 Å². The second kappa shape index (κ2) is 4.14. The first kappa shape index (κ1) is 9.67. The van der Waals surface area contributed by atoms with Gasteiger partial charge in [0.05, 0.1) is 6.26 Å². The molecular formula is C14H12OS. The van der Waals surface area contributed by atoms with Crippen LogP contribution < -0.4 is 0 Å². The maximum Gasteiger partial charge on any atom is 0.137 e. The number of rotatable bonds is 3. The minimum atomic E-state index is 1.04. The van der Waals surface area contributed by atoms with Crippen molar-refractivity contribution in [3.8, 4) is 0 Å². The molecule has 3 rings (SSSR count). The van der Waals surface area contributed by atoms with Crippen LogP contribution in [-0.2, 0) is 12.8 Å². The largest absolute Gasteiger partial charge is 0.464 e. The highest BCUT2D eigenvalue weighted by Gasteiger charge is 2.04. The highest BCUT2D eigenvalue weighted by Crippen LogP contribution is 2.22. The Kier molecular flexibility index (Phi) is 2.50. The number of fused-ring (bicyclic) bond motifs is 1. The van der Waals surface area contributed by atoms with Crippen LogP contribution >= 0.6 is 11.3 Å². The number of hydrogen-bond donors (Lipinski definition) is 0. The van der Waals surface area contributed by atoms with E-state index in [9.17, 15) is 0 Å². The summed E-state index contributed by atoms with van der Waals surface area (Å²) in [4.78, 5) is 1.43. The number of para-hydroxylation sites is 1. The number of thiophene rings is 1. The van der Waals surface area contributed by atoms with Crippen molar-refractivity contribution in [1.82, 2.24) is 0 Å². The van der Waals surface area contributed by atoms with E-state index in [1.807, 2.05) is 17.4 Å². The highest BCUT2D eigenvalue weighted by atomic mass is 32.1. The van der Waals surface area contributed by atoms with Crippen LogP contribution in [0.25, 0.3) is 11.0 Å². The number of aryl methyl sites for hydroxylation is 2. The summed E-state index contributed by atoms with van der Waals surface area (Å²) in [5.74, 6) is 0. The van der Waals surface area contributed by atoms with Crippen LogP contribution in [0.4, 0.5) is 0 Å². The van der Waals surface area contributed by atoms with E-state index in [1.54, 1.807) is 6.26 Å². The molecule has 0 aliphatic carbocycles. The summed E-state index contributed by atoms with van der Waals surface area (Å²) in [7, 11) is 0. The fraction of sp³-hybridized carbons (Fsp3) is 0.143. The Morgan fingerprint density at radius 2 is 2.00 bits per heavy atom. The van der Waals surface area contributed by atoms with Crippen molar-refractivity contribution >= 4 is 22.3 Å². The Hall–Kier alpha value is -1.54. The van der Waals surface area contributed by atoms with Gasteiger partial charge in [-0.25, -0.2) is 0 Å². The van der Waals surface area contributed by atoms with E-state index < -0.39 is 0 Å². The summed E-state index contributed by atoms with van der Waals surface area (Å²) in [6.45, 7) is 0. The van der Waals surface area contributed by atoms with E-state index in [2.05, 4.69) is 35.7 Å². The van der Waals surface area contributed by atoms with Gasteiger partial charge in [-0.05, 0) is 35.9 Å². The molecule has 0 spiro atoms. The van der Waals surface area contributed by atoms with Gasteiger partial charge in [0, 0.05) is 10.3 Å². The van der Waals surface area contributed by atoms with Crippen LogP contribution in [0.1, 0.15) is 10.4 Å². The van der Waals surface area contributed by atoms with Gasteiger partial charge in [-0.3, -0.25) is 0 Å². The molecule has 0 fully saturated rings. The minimum Gasteiger partial charge on any atom is -0.464 e. The summed E-state index contributed by atoms with van der Waals surface area (Å²) >= 11 is 1.82. The monoisotopic (exact) mass is 228 g/mol. The van der Waals surface area contributed by atoms with Gasteiger partial charge in [-0.1, -0.05) is 24.3 Å². The standard InChI is InChI=1S/C14H12OS/c1-3-11(6-7-13-5-2-10-16-13)14-12(4-1)8-9-15-14/h1-5,8-10H,6-7H2. The molecule has 0 aliphatic heterocycles. The number of hydrogen-bond acceptors (Lipinski definition) is 2. The molecule has 2 heterocycles. The van der Waals surface area contributed by atoms with Crippen LogP contribution in [0.15, 0.2) is 52.5 Å². The molecule has 0 saturated carbocycles. The summed E-state index contributed by atoms with van der Waals surface area (Å²) in [5.41, 5.74) is 2.34. The maximum absolute atomic E-state index is 5.52. The Bertz CT molecular complexity index is 578. The SMILES string of the molecule is c1csc(CCc2cccc3ccoc23)c1. The molecule has 0 amide bonds. The first-order chi connectivity index (χ1) is 7.93. The second-order valence-electron chi connectivity index (χ2n) is 3.84. The lowest BCUT2D eigenvalue weighted by atomic mass is 10.1. The fourth-order valence-electron chi connectivity index (χ4n) is 1.96. The van der Waals surface area contributed by atoms with Gasteiger partial charge >= 0.3 is 0 Å². The van der Waals surface area contributed by atoms with E-state index in [4.69, 9.17) is 4.42 Å². The molecule has 3 aromatic rings. The number of furan rings is 1. The second-order valence-corrected chi connectivity index (χ2v) is 4.87. The van der Waals surface area contributed by atoms with Crippen LogP contribution in [0, 0.1) is 0 Å². The molecule has 1 nitrogen and oxygen atoms in total. The van der Waals surface area contributed by atoms with Gasteiger partial charge < -0.3 is 4.42 Å². The zero-order valence-corrected chi connectivity index (χ0v) is 9.67. The number of benzene rings is 1. The van der Waals surface area contributed by atoms with Crippen molar-refractivity contribution in [3.05, 3.63) is 58.5 Å². The van der Waals surface area contributed by atoms with E-state index in [1.165, 1.54) is 15.8 Å². The molecule has 0 unspecified atom stereocenters. The van der Waals surface area contributed by atoms with Crippen LogP contribution in [0.2, 0.25) is 0 Å². The van der Waals surface area contributed by atoms with Crippen molar-refractivity contribution in [2.24, 2.45) is 0 Å². The molecular weight excluding hydrogens is 216 g/mol. The first-order valence-electron chi connectivity index (χ1n) is 5.41. The summed E-state index contributed by atoms with van der Waals surface area (Å²) < 4.78 is 5.52. The molecule has 2 aromatic heterocycles. The van der Waals surface area contributed by atoms with Crippen molar-refractivity contribution in [2.45, 2.75) is 12.8 Å². The third kappa shape index (κ3) is 1.76. The predicted octanol–water partition coefficient (Wildman–Crippen LogP) is 4.28. The highest BCUT2D eigenvalue weighted by molar-refractivity contribution is 7.09. The van der Waals surface area contributed by atoms with Crippen LogP contribution in [-0.4, -0.2) is 0 Å². The average Bonchev–Trinajstić information content (AvgIpc) is 2.97. The zero-order valence-electron chi connectivity index (χ0n) is 8.85. The first-order valence-corrected chi connectivity index (χ1v) is 6.29. The minimum absolute atomic E-state index is 1.04. The van der Waals surface area contributed by atoms with Crippen molar-refractivity contribution in [2.75, 3.05) is 0 Å². The van der Waals surface area contributed by atoms with Crippen molar-refractivity contribution < 1.29 is 4.42 Å². The predicted molar refractivity (Wildman–Crippen MR) is 67.9 cm³/mol. The average molecular weight is 228 g/mol. The van der Waals surface area contributed by atoms with Gasteiger partial charge in [-0.2, -0.15) is 0 Å². The van der Waals surface area contributed by atoms with Gasteiger partial charge in [0.15, 0.2) is 0 Å². The van der Waals surface area contributed by atoms with Gasteiger partial charge in [0.25, 0.3) is 0 Å². The molecule has 1 aromatic carbocycles. The topological polar surface area (TPSA) is 13.1 Å². The van der Waals surface area contributed by atoms with Gasteiger partial charge in [0.1, 0.15) is 5.58 Å². The third-order valence-corrected chi connectivity index (χ3v) is 3.72. The van der Waals surface area contributed by atoms with E-state index >= 15 is 0 Å². The Labute approximate surface area is 98.3 Å². The molecule has 80 valence electrons. The lowest BCUT2D eigenvalue weighted by Crippen LogP contribution is -1.88. The van der Waals surface area contributed by atoms with Crippen molar-refractivity contribution in [1.29, 1.82) is 0 Å². The molecule has 0 radical (unpaired) electrons. The maximum atomic E-state index is 5.52. The van der Waals surface area contributed by atoms with Gasteiger partial charge in [0.2, 0.25) is 0 Å². The fourth-order valence-corrected chi connectivity index (χ4v) is 2.67. The smallest absolute Gasteiger partial charge is 0.137 e. The third-order valence-electron chi connectivity index (χ3n) is 2.78. The van der Waals surface area contributed by atoms with E-state index in [-0.39, 0.29) is 0 Å². The lowest BCUT2D eigenvalue weighted by Gasteiger charge is -2.00. The molecule has 2 heteroatoms. The Morgan fingerprint density at radius 3 is 2.88 bits per heavy atom. The lowest BCUT2D eigenvalue weighted by molar-refractivity contribution is 0.610. The summed E-state index contributed by atoms with van der Waals surface area (Å²) in [5, 5.41) is 3.33. The Morgan fingerprint density at radius 1 is 1.00 bits per heavy atom. The van der Waals surface area contributed by atoms with Crippen LogP contribution in [0.3, 0.4) is 0 Å². The quantitative estimate of drug-likeness (QED) is 0.652. The molecule has 0 saturated heterocycles. The summed E-state index contributed by atoms with van der Waals surface area (Å²) in [6, 6.07) is 12.7. The molecule has 0 bridgehead atoms. The van der Waals surface area contributed by atoms with Crippen molar-refractivity contribution in [3.63, 3.8) is 0 Å².